The van der Waals surface area contributed by atoms with Crippen molar-refractivity contribution in [2.75, 3.05) is 0 Å². The minimum absolute atomic E-state index is 0. The Balaban J connectivity index is 0. The topological polar surface area (TPSA) is 37.3 Å². The third kappa shape index (κ3) is 5.56. The second kappa shape index (κ2) is 5.08. The van der Waals surface area contributed by atoms with E-state index in [2.05, 4.69) is 0 Å². The summed E-state index contributed by atoms with van der Waals surface area (Å²) in [5, 5.41) is 9.56. The molecule has 0 saturated carbocycles. The standard InChI is InChI=1S/C11H20O2.Ir/c1-10(2,3)8(12)7-9(13)11(4,5)6;/h7,12H,1-6H3;/b8-7-;. The Bertz CT molecular complexity index is 229. The van der Waals surface area contributed by atoms with E-state index in [0.717, 1.165) is 0 Å². The largest absolute Gasteiger partial charge is 0.512 e. The Labute approximate surface area is 100 Å². The van der Waals surface area contributed by atoms with Crippen molar-refractivity contribution in [1.29, 1.82) is 0 Å². The summed E-state index contributed by atoms with van der Waals surface area (Å²) in [5.41, 5.74) is -0.764. The number of aliphatic hydroxyl groups excluding tert-OH is 1. The number of allylic oxidation sites excluding steroid dienone is 2. The van der Waals surface area contributed by atoms with Crippen LogP contribution in [0.25, 0.3) is 0 Å². The van der Waals surface area contributed by atoms with Crippen LogP contribution in [-0.2, 0) is 24.9 Å². The van der Waals surface area contributed by atoms with Crippen molar-refractivity contribution < 1.29 is 30.0 Å². The molecule has 0 aromatic rings. The molecule has 0 spiro atoms. The first-order valence-corrected chi connectivity index (χ1v) is 4.51. The van der Waals surface area contributed by atoms with Gasteiger partial charge < -0.3 is 5.11 Å². The van der Waals surface area contributed by atoms with E-state index >= 15 is 0 Å². The molecule has 2 nitrogen and oxygen atoms in total. The molecule has 0 aromatic heterocycles. The fourth-order valence-electron chi connectivity index (χ4n) is 0.557. The minimum Gasteiger partial charge on any atom is -0.512 e. The normalized spacial score (nSPS) is 13.4. The van der Waals surface area contributed by atoms with Crippen molar-refractivity contribution in [3.8, 4) is 0 Å². The summed E-state index contributed by atoms with van der Waals surface area (Å²) in [6.45, 7) is 11.1. The average Bonchev–Trinajstić information content (AvgIpc) is 1.82. The first-order chi connectivity index (χ1) is 5.55. The van der Waals surface area contributed by atoms with E-state index in [-0.39, 0.29) is 37.1 Å². The van der Waals surface area contributed by atoms with Crippen LogP contribution in [0.15, 0.2) is 11.8 Å². The Morgan fingerprint density at radius 1 is 1.00 bits per heavy atom. The Morgan fingerprint density at radius 3 is 1.57 bits per heavy atom. The third-order valence-corrected chi connectivity index (χ3v) is 1.78. The van der Waals surface area contributed by atoms with Crippen molar-refractivity contribution in [1.82, 2.24) is 0 Å². The van der Waals surface area contributed by atoms with Gasteiger partial charge in [0.2, 0.25) is 0 Å². The van der Waals surface area contributed by atoms with E-state index < -0.39 is 5.41 Å². The average molecular weight is 376 g/mol. The quantitative estimate of drug-likeness (QED) is 0.564. The molecule has 0 heterocycles. The molecular formula is C11H20IrO2. The molecule has 0 aliphatic rings. The molecule has 1 radical (unpaired) electrons. The van der Waals surface area contributed by atoms with Crippen molar-refractivity contribution in [3.05, 3.63) is 11.8 Å². The molecule has 1 N–H and O–H groups in total. The van der Waals surface area contributed by atoms with E-state index in [1.54, 1.807) is 0 Å². The van der Waals surface area contributed by atoms with Gasteiger partial charge in [-0.1, -0.05) is 41.5 Å². The molecule has 0 saturated heterocycles. The molecule has 0 rings (SSSR count). The van der Waals surface area contributed by atoms with Gasteiger partial charge in [-0.3, -0.25) is 4.79 Å². The third-order valence-electron chi connectivity index (χ3n) is 1.78. The van der Waals surface area contributed by atoms with Crippen molar-refractivity contribution in [3.63, 3.8) is 0 Å². The summed E-state index contributed by atoms with van der Waals surface area (Å²) >= 11 is 0. The second-order valence-electron chi connectivity index (χ2n) is 5.39. The number of carbonyl (C=O) groups excluding carboxylic acids is 1. The van der Waals surface area contributed by atoms with Crippen LogP contribution >= 0.6 is 0 Å². The zero-order valence-corrected chi connectivity index (χ0v) is 12.2. The van der Waals surface area contributed by atoms with Crippen LogP contribution in [0.5, 0.6) is 0 Å². The van der Waals surface area contributed by atoms with Crippen LogP contribution in [0.4, 0.5) is 0 Å². The summed E-state index contributed by atoms with van der Waals surface area (Å²) in [4.78, 5) is 11.5. The number of ketones is 1. The van der Waals surface area contributed by atoms with E-state index in [0.29, 0.717) is 0 Å². The summed E-state index contributed by atoms with van der Waals surface area (Å²) in [7, 11) is 0. The molecule has 0 unspecified atom stereocenters. The molecular weight excluding hydrogens is 356 g/mol. The van der Waals surface area contributed by atoms with Gasteiger partial charge in [-0.05, 0) is 0 Å². The molecule has 0 aliphatic heterocycles. The van der Waals surface area contributed by atoms with E-state index in [1.165, 1.54) is 6.08 Å². The molecule has 3 heteroatoms. The zero-order chi connectivity index (χ0) is 10.9. The van der Waals surface area contributed by atoms with Crippen LogP contribution in [0, 0.1) is 10.8 Å². The summed E-state index contributed by atoms with van der Waals surface area (Å²) in [6, 6.07) is 0. The van der Waals surface area contributed by atoms with E-state index in [1.807, 2.05) is 41.5 Å². The summed E-state index contributed by atoms with van der Waals surface area (Å²) < 4.78 is 0. The van der Waals surface area contributed by atoms with Gasteiger partial charge in [0.15, 0.2) is 5.78 Å². The number of hydrogen-bond donors (Lipinski definition) is 1. The Hall–Kier alpha value is -0.141. The zero-order valence-electron chi connectivity index (χ0n) is 9.77. The van der Waals surface area contributed by atoms with Gasteiger partial charge in [0.1, 0.15) is 5.76 Å². The first-order valence-electron chi connectivity index (χ1n) is 4.51. The summed E-state index contributed by atoms with van der Waals surface area (Å²) in [5.74, 6) is 0.104. The van der Waals surface area contributed by atoms with Crippen molar-refractivity contribution >= 4 is 5.78 Å². The van der Waals surface area contributed by atoms with Gasteiger partial charge in [0.25, 0.3) is 0 Å². The predicted molar refractivity (Wildman–Crippen MR) is 54.6 cm³/mol. The van der Waals surface area contributed by atoms with Crippen molar-refractivity contribution in [2.24, 2.45) is 10.8 Å². The van der Waals surface area contributed by atoms with Crippen molar-refractivity contribution in [2.45, 2.75) is 41.5 Å². The Kier molecular flexibility index (Phi) is 5.92. The van der Waals surface area contributed by atoms with Crippen LogP contribution in [-0.4, -0.2) is 10.9 Å². The second-order valence-corrected chi connectivity index (χ2v) is 5.39. The fraction of sp³-hybridized carbons (Fsp3) is 0.727. The van der Waals surface area contributed by atoms with Gasteiger partial charge in [-0.25, -0.2) is 0 Å². The number of rotatable bonds is 1. The molecule has 0 aliphatic carbocycles. The van der Waals surface area contributed by atoms with Gasteiger partial charge in [0.05, 0.1) is 0 Å². The first kappa shape index (κ1) is 16.3. The van der Waals surface area contributed by atoms with Gasteiger partial charge in [-0.2, -0.15) is 0 Å². The molecule has 0 fully saturated rings. The smallest absolute Gasteiger partial charge is 0.164 e. The van der Waals surface area contributed by atoms with Crippen LogP contribution in [0.1, 0.15) is 41.5 Å². The molecule has 0 atom stereocenters. The minimum atomic E-state index is -0.417. The molecule has 0 amide bonds. The number of carbonyl (C=O) groups is 1. The van der Waals surface area contributed by atoms with Crippen LogP contribution in [0.2, 0.25) is 0 Å². The van der Waals surface area contributed by atoms with E-state index in [4.69, 9.17) is 0 Å². The van der Waals surface area contributed by atoms with Crippen LogP contribution in [0.3, 0.4) is 0 Å². The van der Waals surface area contributed by atoms with Gasteiger partial charge in [-0.15, -0.1) is 0 Å². The summed E-state index contributed by atoms with van der Waals surface area (Å²) in [6.07, 6.45) is 1.33. The Morgan fingerprint density at radius 2 is 1.36 bits per heavy atom. The number of aliphatic hydroxyl groups is 1. The van der Waals surface area contributed by atoms with Crippen LogP contribution < -0.4 is 0 Å². The molecule has 0 bridgehead atoms. The number of hydrogen-bond acceptors (Lipinski definition) is 2. The maximum atomic E-state index is 11.5. The maximum Gasteiger partial charge on any atom is 0.164 e. The maximum absolute atomic E-state index is 11.5. The molecule has 0 aromatic carbocycles. The van der Waals surface area contributed by atoms with E-state index in [9.17, 15) is 9.90 Å². The fourth-order valence-corrected chi connectivity index (χ4v) is 0.557. The van der Waals surface area contributed by atoms with Gasteiger partial charge in [0, 0.05) is 37.0 Å². The van der Waals surface area contributed by atoms with Gasteiger partial charge >= 0.3 is 0 Å². The monoisotopic (exact) mass is 377 g/mol. The molecule has 85 valence electrons. The predicted octanol–water partition coefficient (Wildman–Crippen LogP) is 3.09. The molecule has 14 heavy (non-hydrogen) atoms. The SMILES string of the molecule is CC(C)(C)C(=O)/C=C(\O)C(C)(C)C.[Ir].